The van der Waals surface area contributed by atoms with Crippen molar-refractivity contribution in [2.75, 3.05) is 13.2 Å². The maximum Gasteiger partial charge on any atom is 0.573 e. The SMILES string of the molecule is CCCOc1nn(-c2ccc(OC(F)(F)F)cc2)cc1C(c1ccc(C(=O)NCCC(=O)O)cc1)C1CCCCC1. The van der Waals surface area contributed by atoms with Gasteiger partial charge in [-0.05, 0) is 67.1 Å². The Morgan fingerprint density at radius 2 is 1.76 bits per heavy atom. The van der Waals surface area contributed by atoms with Crippen LogP contribution in [0, 0.1) is 5.92 Å². The number of aromatic nitrogens is 2. The van der Waals surface area contributed by atoms with Gasteiger partial charge in [0.2, 0.25) is 5.88 Å². The molecule has 3 aromatic rings. The first kappa shape index (κ1) is 30.0. The highest BCUT2D eigenvalue weighted by molar-refractivity contribution is 5.94. The van der Waals surface area contributed by atoms with Crippen molar-refractivity contribution in [2.45, 2.75) is 64.1 Å². The second-order valence-electron chi connectivity index (χ2n) is 10.1. The predicted octanol–water partition coefficient (Wildman–Crippen LogP) is 6.48. The van der Waals surface area contributed by atoms with Gasteiger partial charge in [0.25, 0.3) is 5.91 Å². The summed E-state index contributed by atoms with van der Waals surface area (Å²) in [6.07, 6.45) is 3.12. The van der Waals surface area contributed by atoms with E-state index in [-0.39, 0.29) is 30.5 Å². The Morgan fingerprint density at radius 3 is 2.37 bits per heavy atom. The van der Waals surface area contributed by atoms with Crippen molar-refractivity contribution in [1.82, 2.24) is 15.1 Å². The molecule has 1 atom stereocenters. The number of amides is 1. The van der Waals surface area contributed by atoms with Crippen LogP contribution in [-0.2, 0) is 4.79 Å². The summed E-state index contributed by atoms with van der Waals surface area (Å²) in [6, 6.07) is 12.8. The molecule has 1 unspecified atom stereocenters. The summed E-state index contributed by atoms with van der Waals surface area (Å²) in [6.45, 7) is 2.49. The van der Waals surface area contributed by atoms with Crippen LogP contribution in [0.25, 0.3) is 5.69 Å². The van der Waals surface area contributed by atoms with Gasteiger partial charge in [-0.1, -0.05) is 38.3 Å². The summed E-state index contributed by atoms with van der Waals surface area (Å²) >= 11 is 0. The van der Waals surface area contributed by atoms with Gasteiger partial charge < -0.3 is 19.9 Å². The maximum absolute atomic E-state index is 12.6. The number of carbonyl (C=O) groups excluding carboxylic acids is 1. The minimum absolute atomic E-state index is 0.0429. The number of carboxylic acids is 1. The molecule has 1 aliphatic rings. The van der Waals surface area contributed by atoms with E-state index in [4.69, 9.17) is 9.84 Å². The van der Waals surface area contributed by atoms with Crippen LogP contribution in [0.2, 0.25) is 0 Å². The molecule has 1 aliphatic carbocycles. The zero-order chi connectivity index (χ0) is 29.4. The molecule has 8 nitrogen and oxygen atoms in total. The summed E-state index contributed by atoms with van der Waals surface area (Å²) in [4.78, 5) is 23.3. The summed E-state index contributed by atoms with van der Waals surface area (Å²) in [5.41, 5.74) is 2.86. The van der Waals surface area contributed by atoms with Crippen molar-refractivity contribution in [3.8, 4) is 17.3 Å². The fourth-order valence-electron chi connectivity index (χ4n) is 5.23. The molecule has 0 bridgehead atoms. The molecule has 2 N–H and O–H groups in total. The normalized spacial score (nSPS) is 14.8. The van der Waals surface area contributed by atoms with E-state index in [1.54, 1.807) is 16.8 Å². The molecule has 4 rings (SSSR count). The Labute approximate surface area is 236 Å². The van der Waals surface area contributed by atoms with Crippen LogP contribution < -0.4 is 14.8 Å². The van der Waals surface area contributed by atoms with Crippen LogP contribution in [0.15, 0.2) is 54.7 Å². The molecule has 1 fully saturated rings. The number of aliphatic carboxylic acids is 1. The van der Waals surface area contributed by atoms with Crippen molar-refractivity contribution in [3.63, 3.8) is 0 Å². The van der Waals surface area contributed by atoms with Crippen LogP contribution in [0.5, 0.6) is 11.6 Å². The molecule has 1 amide bonds. The van der Waals surface area contributed by atoms with Crippen molar-refractivity contribution in [2.24, 2.45) is 5.92 Å². The molecule has 0 radical (unpaired) electrons. The van der Waals surface area contributed by atoms with Crippen molar-refractivity contribution in [3.05, 3.63) is 71.4 Å². The van der Waals surface area contributed by atoms with E-state index in [9.17, 15) is 22.8 Å². The molecular formula is C30H34F3N3O5. The van der Waals surface area contributed by atoms with Crippen LogP contribution in [0.4, 0.5) is 13.2 Å². The van der Waals surface area contributed by atoms with Gasteiger partial charge in [0, 0.05) is 29.8 Å². The number of benzene rings is 2. The summed E-state index contributed by atoms with van der Waals surface area (Å²) in [5.74, 6) is -0.944. The number of carbonyl (C=O) groups is 2. The van der Waals surface area contributed by atoms with Crippen LogP contribution in [0.3, 0.4) is 0 Å². The Hall–Kier alpha value is -4.02. The zero-order valence-corrected chi connectivity index (χ0v) is 22.8. The average molecular weight is 574 g/mol. The number of carboxylic acid groups (broad SMARTS) is 1. The Morgan fingerprint density at radius 1 is 1.07 bits per heavy atom. The van der Waals surface area contributed by atoms with E-state index in [1.165, 1.54) is 30.7 Å². The standard InChI is InChI=1S/C30H34F3N3O5/c1-2-18-40-29-25(19-36(35-29)23-12-14-24(15-13-23)41-30(31,32)33)27(20-6-4-3-5-7-20)21-8-10-22(11-9-21)28(39)34-17-16-26(37)38/h8-15,19-20,27H,2-7,16-18H2,1H3,(H,34,39)(H,37,38). The number of nitrogens with one attached hydrogen (secondary N) is 1. The molecule has 41 heavy (non-hydrogen) atoms. The van der Waals surface area contributed by atoms with E-state index in [0.29, 0.717) is 29.7 Å². The summed E-state index contributed by atoms with van der Waals surface area (Å²) in [5, 5.41) is 16.1. The lowest BCUT2D eigenvalue weighted by molar-refractivity contribution is -0.274. The Balaban J connectivity index is 1.66. The first-order valence-corrected chi connectivity index (χ1v) is 13.8. The van der Waals surface area contributed by atoms with Gasteiger partial charge in [0.1, 0.15) is 5.75 Å². The summed E-state index contributed by atoms with van der Waals surface area (Å²) in [7, 11) is 0. The first-order chi connectivity index (χ1) is 19.6. The van der Waals surface area contributed by atoms with Gasteiger partial charge in [-0.2, -0.15) is 0 Å². The smallest absolute Gasteiger partial charge is 0.481 e. The lowest BCUT2D eigenvalue weighted by Gasteiger charge is -2.30. The molecule has 0 spiro atoms. The second-order valence-corrected chi connectivity index (χ2v) is 10.1. The third-order valence-corrected chi connectivity index (χ3v) is 7.10. The predicted molar refractivity (Wildman–Crippen MR) is 145 cm³/mol. The highest BCUT2D eigenvalue weighted by Gasteiger charge is 2.32. The second kappa shape index (κ2) is 13.6. The molecule has 0 saturated heterocycles. The third kappa shape index (κ3) is 8.25. The number of nitrogens with zero attached hydrogens (tertiary/aromatic N) is 2. The van der Waals surface area contributed by atoms with E-state index in [2.05, 4.69) is 15.2 Å². The topological polar surface area (TPSA) is 103 Å². The summed E-state index contributed by atoms with van der Waals surface area (Å²) < 4.78 is 49.5. The lowest BCUT2D eigenvalue weighted by Crippen LogP contribution is -2.26. The van der Waals surface area contributed by atoms with E-state index < -0.39 is 12.3 Å². The van der Waals surface area contributed by atoms with E-state index in [1.807, 2.05) is 25.3 Å². The van der Waals surface area contributed by atoms with E-state index in [0.717, 1.165) is 43.2 Å². The third-order valence-electron chi connectivity index (χ3n) is 7.10. The molecular weight excluding hydrogens is 539 g/mol. The van der Waals surface area contributed by atoms with Crippen LogP contribution in [0.1, 0.15) is 79.3 Å². The zero-order valence-electron chi connectivity index (χ0n) is 22.8. The van der Waals surface area contributed by atoms with Gasteiger partial charge in [0.05, 0.1) is 18.7 Å². The number of halogens is 3. The molecule has 1 aromatic heterocycles. The highest BCUT2D eigenvalue weighted by Crippen LogP contribution is 2.43. The van der Waals surface area contributed by atoms with Crippen LogP contribution >= 0.6 is 0 Å². The molecule has 2 aromatic carbocycles. The quantitative estimate of drug-likeness (QED) is 0.257. The van der Waals surface area contributed by atoms with E-state index >= 15 is 0 Å². The fourth-order valence-corrected chi connectivity index (χ4v) is 5.23. The van der Waals surface area contributed by atoms with Gasteiger partial charge in [-0.25, -0.2) is 4.68 Å². The van der Waals surface area contributed by atoms with Crippen molar-refractivity contribution in [1.29, 1.82) is 0 Å². The maximum atomic E-state index is 12.6. The fraction of sp³-hybridized carbons (Fsp3) is 0.433. The molecule has 1 heterocycles. The van der Waals surface area contributed by atoms with Gasteiger partial charge in [-0.15, -0.1) is 18.3 Å². The average Bonchev–Trinajstić information content (AvgIpc) is 3.36. The molecule has 1 saturated carbocycles. The lowest BCUT2D eigenvalue weighted by atomic mass is 9.74. The minimum atomic E-state index is -4.77. The number of alkyl halides is 3. The van der Waals surface area contributed by atoms with Crippen molar-refractivity contribution >= 4 is 11.9 Å². The van der Waals surface area contributed by atoms with Gasteiger partial charge in [0.15, 0.2) is 0 Å². The minimum Gasteiger partial charge on any atom is -0.481 e. The molecule has 0 aliphatic heterocycles. The van der Waals surface area contributed by atoms with Gasteiger partial charge >= 0.3 is 12.3 Å². The number of ether oxygens (including phenoxy) is 2. The molecule has 220 valence electrons. The van der Waals surface area contributed by atoms with Gasteiger partial charge in [-0.3, -0.25) is 9.59 Å². The monoisotopic (exact) mass is 573 g/mol. The first-order valence-electron chi connectivity index (χ1n) is 13.8. The molecule has 11 heteroatoms. The number of rotatable bonds is 12. The highest BCUT2D eigenvalue weighted by atomic mass is 19.4. The largest absolute Gasteiger partial charge is 0.573 e. The van der Waals surface area contributed by atoms with Crippen LogP contribution in [-0.4, -0.2) is 46.3 Å². The van der Waals surface area contributed by atoms with Crippen molar-refractivity contribution < 1.29 is 37.3 Å². The number of hydrogen-bond acceptors (Lipinski definition) is 5. The Kier molecular flexibility index (Phi) is 9.91. The Bertz CT molecular complexity index is 1300. The number of hydrogen-bond donors (Lipinski definition) is 2.